The summed E-state index contributed by atoms with van der Waals surface area (Å²) in [6.07, 6.45) is 0.649. The molecule has 0 aromatic heterocycles. The van der Waals surface area contributed by atoms with Gasteiger partial charge in [0.2, 0.25) is 0 Å². The quantitative estimate of drug-likeness (QED) is 0.808. The highest BCUT2D eigenvalue weighted by molar-refractivity contribution is 7.80. The lowest BCUT2D eigenvalue weighted by Gasteiger charge is -2.08. The monoisotopic (exact) mass is 325 g/mol. The summed E-state index contributed by atoms with van der Waals surface area (Å²) < 4.78 is 0. The van der Waals surface area contributed by atoms with Crippen molar-refractivity contribution in [1.82, 2.24) is 5.32 Å². The molecule has 0 spiro atoms. The third-order valence-corrected chi connectivity index (χ3v) is 3.82. The third-order valence-electron chi connectivity index (χ3n) is 2.84. The highest BCUT2D eigenvalue weighted by atomic mass is 35.5. The minimum Gasteiger partial charge on any atom is -0.352 e. The first-order valence-corrected chi connectivity index (χ1v) is 7.28. The summed E-state index contributed by atoms with van der Waals surface area (Å²) in [4.78, 5) is 12.6. The SMILES string of the molecule is O=C(NCCc1ccc(Cl)cc1Cl)c1ccccc1S. The lowest BCUT2D eigenvalue weighted by Crippen LogP contribution is -2.26. The van der Waals surface area contributed by atoms with Crippen molar-refractivity contribution in [1.29, 1.82) is 0 Å². The number of carbonyl (C=O) groups is 1. The molecule has 0 atom stereocenters. The summed E-state index contributed by atoms with van der Waals surface area (Å²) in [6, 6.07) is 12.5. The lowest BCUT2D eigenvalue weighted by atomic mass is 10.1. The summed E-state index contributed by atoms with van der Waals surface area (Å²) in [5, 5.41) is 4.07. The number of benzene rings is 2. The van der Waals surface area contributed by atoms with Crippen LogP contribution in [0.4, 0.5) is 0 Å². The number of rotatable bonds is 4. The van der Waals surface area contributed by atoms with E-state index in [4.69, 9.17) is 23.2 Å². The fourth-order valence-electron chi connectivity index (χ4n) is 1.80. The van der Waals surface area contributed by atoms with Gasteiger partial charge in [0.1, 0.15) is 0 Å². The Morgan fingerprint density at radius 1 is 1.15 bits per heavy atom. The van der Waals surface area contributed by atoms with Crippen molar-refractivity contribution in [2.75, 3.05) is 6.54 Å². The van der Waals surface area contributed by atoms with Crippen molar-refractivity contribution < 1.29 is 4.79 Å². The molecule has 0 radical (unpaired) electrons. The van der Waals surface area contributed by atoms with Crippen LogP contribution in [0.3, 0.4) is 0 Å². The molecule has 0 fully saturated rings. The van der Waals surface area contributed by atoms with E-state index in [9.17, 15) is 4.79 Å². The highest BCUT2D eigenvalue weighted by Crippen LogP contribution is 2.21. The maximum Gasteiger partial charge on any atom is 0.252 e. The second-order valence-corrected chi connectivity index (χ2v) is 5.58. The van der Waals surface area contributed by atoms with Crippen molar-refractivity contribution in [2.24, 2.45) is 0 Å². The Bertz CT molecular complexity index is 631. The molecule has 5 heteroatoms. The first-order valence-electron chi connectivity index (χ1n) is 6.08. The smallest absolute Gasteiger partial charge is 0.252 e. The van der Waals surface area contributed by atoms with Crippen LogP contribution in [-0.2, 0) is 6.42 Å². The Balaban J connectivity index is 1.93. The van der Waals surface area contributed by atoms with Crippen LogP contribution in [0.1, 0.15) is 15.9 Å². The number of halogens is 2. The van der Waals surface area contributed by atoms with Crippen molar-refractivity contribution >= 4 is 41.7 Å². The Morgan fingerprint density at radius 2 is 1.90 bits per heavy atom. The molecule has 2 rings (SSSR count). The van der Waals surface area contributed by atoms with Crippen molar-refractivity contribution in [2.45, 2.75) is 11.3 Å². The molecule has 2 nitrogen and oxygen atoms in total. The minimum absolute atomic E-state index is 0.138. The lowest BCUT2D eigenvalue weighted by molar-refractivity contribution is 0.0951. The molecule has 0 unspecified atom stereocenters. The van der Waals surface area contributed by atoms with E-state index in [1.807, 2.05) is 18.2 Å². The van der Waals surface area contributed by atoms with Crippen LogP contribution in [-0.4, -0.2) is 12.5 Å². The molecule has 0 heterocycles. The van der Waals surface area contributed by atoms with Gasteiger partial charge in [0, 0.05) is 21.5 Å². The van der Waals surface area contributed by atoms with Crippen molar-refractivity contribution in [3.05, 3.63) is 63.6 Å². The van der Waals surface area contributed by atoms with Crippen LogP contribution in [0.25, 0.3) is 0 Å². The largest absolute Gasteiger partial charge is 0.352 e. The molecule has 20 heavy (non-hydrogen) atoms. The molecule has 0 bridgehead atoms. The van der Waals surface area contributed by atoms with E-state index in [0.29, 0.717) is 33.5 Å². The summed E-state index contributed by atoms with van der Waals surface area (Å²) in [7, 11) is 0. The number of nitrogens with one attached hydrogen (secondary N) is 1. The molecule has 0 saturated heterocycles. The first kappa shape index (κ1) is 15.2. The van der Waals surface area contributed by atoms with Crippen LogP contribution in [0.2, 0.25) is 10.0 Å². The predicted molar refractivity (Wildman–Crippen MR) is 86.2 cm³/mol. The van der Waals surface area contributed by atoms with Crippen molar-refractivity contribution in [3.63, 3.8) is 0 Å². The normalized spacial score (nSPS) is 10.3. The third kappa shape index (κ3) is 3.92. The molecular formula is C15H13Cl2NOS. The van der Waals surface area contributed by atoms with Gasteiger partial charge >= 0.3 is 0 Å². The molecule has 0 saturated carbocycles. The average Bonchev–Trinajstić information content (AvgIpc) is 2.41. The standard InChI is InChI=1S/C15H13Cl2NOS/c16-11-6-5-10(13(17)9-11)7-8-18-15(19)12-3-1-2-4-14(12)20/h1-6,9,20H,7-8H2,(H,18,19). The zero-order valence-corrected chi connectivity index (χ0v) is 13.0. The summed E-state index contributed by atoms with van der Waals surface area (Å²) in [6.45, 7) is 0.502. The number of amides is 1. The minimum atomic E-state index is -0.138. The van der Waals surface area contributed by atoms with E-state index in [2.05, 4.69) is 17.9 Å². The molecule has 2 aromatic rings. The van der Waals surface area contributed by atoms with Gasteiger partial charge in [-0.2, -0.15) is 0 Å². The maximum atomic E-state index is 12.0. The maximum absolute atomic E-state index is 12.0. The van der Waals surface area contributed by atoms with Gasteiger partial charge in [-0.15, -0.1) is 12.6 Å². The van der Waals surface area contributed by atoms with Crippen LogP contribution >= 0.6 is 35.8 Å². The fraction of sp³-hybridized carbons (Fsp3) is 0.133. The molecule has 0 aliphatic rings. The second-order valence-electron chi connectivity index (χ2n) is 4.26. The summed E-state index contributed by atoms with van der Waals surface area (Å²) in [5.74, 6) is -0.138. The zero-order valence-electron chi connectivity index (χ0n) is 10.6. The Labute approximate surface area is 133 Å². The van der Waals surface area contributed by atoms with Gasteiger partial charge in [0.25, 0.3) is 5.91 Å². The summed E-state index contributed by atoms with van der Waals surface area (Å²) >= 11 is 16.2. The van der Waals surface area contributed by atoms with Gasteiger partial charge < -0.3 is 5.32 Å². The van der Waals surface area contributed by atoms with E-state index in [1.54, 1.807) is 24.3 Å². The average molecular weight is 326 g/mol. The second kappa shape index (κ2) is 7.02. The van der Waals surface area contributed by atoms with Crippen LogP contribution in [0.5, 0.6) is 0 Å². The van der Waals surface area contributed by atoms with Crippen LogP contribution in [0, 0.1) is 0 Å². The predicted octanol–water partition coefficient (Wildman–Crippen LogP) is 4.25. The number of hydrogen-bond donors (Lipinski definition) is 2. The van der Waals surface area contributed by atoms with E-state index in [-0.39, 0.29) is 5.91 Å². The molecule has 0 aliphatic heterocycles. The highest BCUT2D eigenvalue weighted by Gasteiger charge is 2.08. The van der Waals surface area contributed by atoms with Gasteiger partial charge in [-0.3, -0.25) is 4.79 Å². The van der Waals surface area contributed by atoms with Gasteiger partial charge in [0.05, 0.1) is 5.56 Å². The molecule has 2 aromatic carbocycles. The van der Waals surface area contributed by atoms with Crippen LogP contribution < -0.4 is 5.32 Å². The summed E-state index contributed by atoms with van der Waals surface area (Å²) in [5.41, 5.74) is 1.52. The van der Waals surface area contributed by atoms with Crippen molar-refractivity contribution in [3.8, 4) is 0 Å². The van der Waals surface area contributed by atoms with Gasteiger partial charge in [-0.25, -0.2) is 0 Å². The Kier molecular flexibility index (Phi) is 5.35. The molecular weight excluding hydrogens is 313 g/mol. The fourth-order valence-corrected chi connectivity index (χ4v) is 2.56. The molecule has 104 valence electrons. The van der Waals surface area contributed by atoms with E-state index in [0.717, 1.165) is 5.56 Å². The van der Waals surface area contributed by atoms with E-state index < -0.39 is 0 Å². The topological polar surface area (TPSA) is 29.1 Å². The van der Waals surface area contributed by atoms with E-state index in [1.165, 1.54) is 0 Å². The number of carbonyl (C=O) groups excluding carboxylic acids is 1. The van der Waals surface area contributed by atoms with Gasteiger partial charge in [0.15, 0.2) is 0 Å². The van der Waals surface area contributed by atoms with Gasteiger partial charge in [-0.1, -0.05) is 41.4 Å². The number of thiol groups is 1. The Hall–Kier alpha value is -1.16. The Morgan fingerprint density at radius 3 is 2.60 bits per heavy atom. The van der Waals surface area contributed by atoms with Gasteiger partial charge in [-0.05, 0) is 36.2 Å². The molecule has 0 aliphatic carbocycles. The van der Waals surface area contributed by atoms with E-state index >= 15 is 0 Å². The number of hydrogen-bond acceptors (Lipinski definition) is 2. The first-order chi connectivity index (χ1) is 9.58. The molecule has 1 N–H and O–H groups in total. The molecule has 1 amide bonds. The van der Waals surface area contributed by atoms with Crippen LogP contribution in [0.15, 0.2) is 47.4 Å². The zero-order chi connectivity index (χ0) is 14.5.